The molecular weight excluding hydrogens is 389 g/mol. The van der Waals surface area contributed by atoms with E-state index < -0.39 is 5.72 Å². The number of nitrogens with one attached hydrogen (secondary N) is 1. The van der Waals surface area contributed by atoms with Crippen LogP contribution in [0.2, 0.25) is 0 Å². The molecule has 166 valence electrons. The van der Waals surface area contributed by atoms with Crippen LogP contribution in [0.4, 0.5) is 0 Å². The van der Waals surface area contributed by atoms with Gasteiger partial charge in [0.2, 0.25) is 0 Å². The standard InChI is InChI=1S/C25H34BNO4/c1-19(29-18-21-11-9-8-10-12-21)27-25(6,28-7)17-20-13-15-22(16-14-20)26-30-23(2,3)24(4,5)31-26/h8-16,27H,1,17-18H2,2-7H3. The van der Waals surface area contributed by atoms with E-state index in [0.717, 1.165) is 16.6 Å². The van der Waals surface area contributed by atoms with Crippen LogP contribution in [0.3, 0.4) is 0 Å². The number of methoxy groups -OCH3 is 1. The average Bonchev–Trinajstić information content (AvgIpc) is 2.95. The van der Waals surface area contributed by atoms with Gasteiger partial charge in [-0.3, -0.25) is 0 Å². The summed E-state index contributed by atoms with van der Waals surface area (Å²) in [4.78, 5) is 0. The first kappa shape index (κ1) is 23.4. The smallest absolute Gasteiger partial charge is 0.475 e. The monoisotopic (exact) mass is 423 g/mol. The molecule has 6 heteroatoms. The van der Waals surface area contributed by atoms with Gasteiger partial charge in [-0.2, -0.15) is 0 Å². The minimum atomic E-state index is -0.653. The first-order valence-corrected chi connectivity index (χ1v) is 10.7. The van der Waals surface area contributed by atoms with E-state index in [1.165, 1.54) is 0 Å². The van der Waals surface area contributed by atoms with E-state index in [1.807, 2.05) is 49.4 Å². The largest absolute Gasteiger partial charge is 0.494 e. The summed E-state index contributed by atoms with van der Waals surface area (Å²) in [7, 11) is 1.31. The van der Waals surface area contributed by atoms with E-state index in [-0.39, 0.29) is 18.3 Å². The van der Waals surface area contributed by atoms with E-state index in [2.05, 4.69) is 51.7 Å². The highest BCUT2D eigenvalue weighted by Gasteiger charge is 2.51. The van der Waals surface area contributed by atoms with Crippen molar-refractivity contribution in [3.63, 3.8) is 0 Å². The van der Waals surface area contributed by atoms with E-state index in [9.17, 15) is 0 Å². The molecule has 0 saturated carbocycles. The molecule has 0 aliphatic carbocycles. The van der Waals surface area contributed by atoms with Crippen LogP contribution in [-0.4, -0.2) is 31.2 Å². The molecule has 0 aromatic heterocycles. The van der Waals surface area contributed by atoms with Gasteiger partial charge in [0, 0.05) is 13.5 Å². The van der Waals surface area contributed by atoms with Crippen molar-refractivity contribution in [2.24, 2.45) is 0 Å². The Balaban J connectivity index is 1.59. The summed E-state index contributed by atoms with van der Waals surface area (Å²) >= 11 is 0. The first-order chi connectivity index (χ1) is 14.5. The molecule has 0 amide bonds. The van der Waals surface area contributed by atoms with Crippen LogP contribution in [0.25, 0.3) is 0 Å². The minimum Gasteiger partial charge on any atom is -0.475 e. The summed E-state index contributed by atoms with van der Waals surface area (Å²) in [5.41, 5.74) is 1.85. The summed E-state index contributed by atoms with van der Waals surface area (Å²) in [6.45, 7) is 14.7. The lowest BCUT2D eigenvalue weighted by molar-refractivity contribution is -0.0311. The highest BCUT2D eigenvalue weighted by molar-refractivity contribution is 6.62. The summed E-state index contributed by atoms with van der Waals surface area (Å²) < 4.78 is 23.8. The van der Waals surface area contributed by atoms with Crippen molar-refractivity contribution in [2.45, 2.75) is 64.6 Å². The first-order valence-electron chi connectivity index (χ1n) is 10.7. The van der Waals surface area contributed by atoms with Gasteiger partial charge in [0.25, 0.3) is 0 Å². The Morgan fingerprint density at radius 2 is 1.55 bits per heavy atom. The number of hydrogen-bond donors (Lipinski definition) is 1. The second kappa shape index (κ2) is 9.07. The lowest BCUT2D eigenvalue weighted by atomic mass is 9.78. The molecule has 1 unspecified atom stereocenters. The highest BCUT2D eigenvalue weighted by atomic mass is 16.7. The van der Waals surface area contributed by atoms with Gasteiger partial charge in [-0.15, -0.1) is 0 Å². The number of rotatable bonds is 9. The minimum absolute atomic E-state index is 0.352. The molecule has 2 aromatic carbocycles. The molecular formula is C25H34BNO4. The summed E-state index contributed by atoms with van der Waals surface area (Å²) in [6.07, 6.45) is 0.640. The third kappa shape index (κ3) is 5.70. The van der Waals surface area contributed by atoms with Crippen molar-refractivity contribution in [1.29, 1.82) is 0 Å². The average molecular weight is 423 g/mol. The molecule has 1 aliphatic rings. The van der Waals surface area contributed by atoms with E-state index in [4.69, 9.17) is 18.8 Å². The van der Waals surface area contributed by atoms with Gasteiger partial charge in [-0.25, -0.2) is 0 Å². The lowest BCUT2D eigenvalue weighted by Crippen LogP contribution is -2.45. The Morgan fingerprint density at radius 3 is 2.10 bits per heavy atom. The highest BCUT2D eigenvalue weighted by Crippen LogP contribution is 2.36. The molecule has 0 radical (unpaired) electrons. The maximum absolute atomic E-state index is 6.14. The van der Waals surface area contributed by atoms with Gasteiger partial charge in [-0.05, 0) is 57.8 Å². The third-order valence-corrected chi connectivity index (χ3v) is 6.16. The van der Waals surface area contributed by atoms with E-state index in [1.54, 1.807) is 7.11 Å². The third-order valence-electron chi connectivity index (χ3n) is 6.16. The van der Waals surface area contributed by atoms with Crippen LogP contribution in [-0.2, 0) is 31.8 Å². The second-order valence-corrected chi connectivity index (χ2v) is 9.26. The Kier molecular flexibility index (Phi) is 6.84. The Labute approximate surface area is 186 Å². The van der Waals surface area contributed by atoms with E-state index >= 15 is 0 Å². The van der Waals surface area contributed by atoms with E-state index in [0.29, 0.717) is 18.9 Å². The molecule has 1 heterocycles. The zero-order chi connectivity index (χ0) is 22.7. The summed E-state index contributed by atoms with van der Waals surface area (Å²) in [5, 5.41) is 3.26. The quantitative estimate of drug-likeness (QED) is 0.373. The lowest BCUT2D eigenvalue weighted by Gasteiger charge is -2.32. The molecule has 2 aromatic rings. The molecule has 3 rings (SSSR count). The summed E-state index contributed by atoms with van der Waals surface area (Å²) in [6, 6.07) is 18.2. The zero-order valence-electron chi connectivity index (χ0n) is 19.5. The fourth-order valence-electron chi connectivity index (χ4n) is 3.40. The predicted octanol–water partition coefficient (Wildman–Crippen LogP) is 4.17. The molecule has 31 heavy (non-hydrogen) atoms. The van der Waals surface area contributed by atoms with Crippen LogP contribution in [0, 0.1) is 0 Å². The summed E-state index contributed by atoms with van der Waals surface area (Å²) in [5.74, 6) is 0.474. The van der Waals surface area contributed by atoms with Gasteiger partial charge < -0.3 is 24.1 Å². The van der Waals surface area contributed by atoms with Crippen molar-refractivity contribution >= 4 is 12.6 Å². The molecule has 1 saturated heterocycles. The molecule has 1 aliphatic heterocycles. The molecule has 5 nitrogen and oxygen atoms in total. The number of benzene rings is 2. The van der Waals surface area contributed by atoms with Crippen molar-refractivity contribution < 1.29 is 18.8 Å². The van der Waals surface area contributed by atoms with Crippen molar-refractivity contribution in [3.8, 4) is 0 Å². The van der Waals surface area contributed by atoms with Crippen molar-refractivity contribution in [1.82, 2.24) is 5.32 Å². The zero-order valence-corrected chi connectivity index (χ0v) is 19.5. The van der Waals surface area contributed by atoms with Gasteiger partial charge in [0.1, 0.15) is 12.3 Å². The number of ether oxygens (including phenoxy) is 2. The molecule has 1 fully saturated rings. The molecule has 0 bridgehead atoms. The fourth-order valence-corrected chi connectivity index (χ4v) is 3.40. The maximum Gasteiger partial charge on any atom is 0.494 e. The van der Waals surface area contributed by atoms with Crippen LogP contribution in [0.5, 0.6) is 0 Å². The van der Waals surface area contributed by atoms with Gasteiger partial charge >= 0.3 is 7.12 Å². The van der Waals surface area contributed by atoms with Gasteiger partial charge in [0.05, 0.1) is 11.2 Å². The SMILES string of the molecule is C=C(NC(C)(Cc1ccc(B2OC(C)(C)C(C)(C)O2)cc1)OC)OCc1ccccc1. The molecule has 1 N–H and O–H groups in total. The van der Waals surface area contributed by atoms with Crippen LogP contribution in [0.1, 0.15) is 45.7 Å². The van der Waals surface area contributed by atoms with Gasteiger partial charge in [0.15, 0.2) is 5.88 Å². The second-order valence-electron chi connectivity index (χ2n) is 9.26. The van der Waals surface area contributed by atoms with Crippen LogP contribution < -0.4 is 10.8 Å². The van der Waals surface area contributed by atoms with Crippen LogP contribution >= 0.6 is 0 Å². The van der Waals surface area contributed by atoms with Crippen LogP contribution in [0.15, 0.2) is 67.1 Å². The molecule has 1 atom stereocenters. The fraction of sp³-hybridized carbons (Fsp3) is 0.440. The predicted molar refractivity (Wildman–Crippen MR) is 125 cm³/mol. The Hall–Kier alpha value is -2.28. The van der Waals surface area contributed by atoms with Crippen molar-refractivity contribution in [3.05, 3.63) is 78.2 Å². The topological polar surface area (TPSA) is 49.0 Å². The maximum atomic E-state index is 6.14. The Morgan fingerprint density at radius 1 is 0.968 bits per heavy atom. The van der Waals surface area contributed by atoms with Gasteiger partial charge in [-0.1, -0.05) is 54.6 Å². The Bertz CT molecular complexity index is 866. The molecule has 0 spiro atoms. The number of hydrogen-bond acceptors (Lipinski definition) is 5. The van der Waals surface area contributed by atoms with Crippen molar-refractivity contribution in [2.75, 3.05) is 7.11 Å². The normalized spacial score (nSPS) is 19.0.